The zero-order valence-corrected chi connectivity index (χ0v) is 10.7. The van der Waals surface area contributed by atoms with Crippen LogP contribution in [0.4, 0.5) is 0 Å². The van der Waals surface area contributed by atoms with E-state index in [2.05, 4.69) is 4.98 Å². The first-order valence-electron chi connectivity index (χ1n) is 6.27. The highest BCUT2D eigenvalue weighted by Crippen LogP contribution is 2.20. The zero-order valence-electron chi connectivity index (χ0n) is 10.7. The minimum atomic E-state index is 0.0479. The Morgan fingerprint density at radius 1 is 1.05 bits per heavy atom. The molecule has 2 aromatic rings. The van der Waals surface area contributed by atoms with Gasteiger partial charge < -0.3 is 14.6 Å². The maximum Gasteiger partial charge on any atom is 0.209 e. The lowest BCUT2D eigenvalue weighted by molar-refractivity contribution is 0.147. The molecule has 0 fully saturated rings. The lowest BCUT2D eigenvalue weighted by Gasteiger charge is -2.17. The molecule has 0 atom stereocenters. The summed E-state index contributed by atoms with van der Waals surface area (Å²) in [5, 5.41) is 17.9. The van der Waals surface area contributed by atoms with E-state index in [9.17, 15) is 0 Å². The Bertz CT molecular complexity index is 478. The second-order valence-corrected chi connectivity index (χ2v) is 4.21. The van der Waals surface area contributed by atoms with Gasteiger partial charge in [0.1, 0.15) is 0 Å². The van der Waals surface area contributed by atoms with E-state index in [4.69, 9.17) is 14.6 Å². The minimum absolute atomic E-state index is 0.0479. The molecule has 0 aliphatic heterocycles. The monoisotopic (exact) mass is 262 g/mol. The third-order valence-electron chi connectivity index (χ3n) is 2.80. The Balaban J connectivity index is 2.04. The van der Waals surface area contributed by atoms with Crippen molar-refractivity contribution < 1.29 is 14.6 Å². The Morgan fingerprint density at radius 3 is 2.37 bits per heavy atom. The van der Waals surface area contributed by atoms with Crippen molar-refractivity contribution in [2.75, 3.05) is 26.3 Å². The summed E-state index contributed by atoms with van der Waals surface area (Å²) >= 11 is 0. The fourth-order valence-corrected chi connectivity index (χ4v) is 1.86. The van der Waals surface area contributed by atoms with Gasteiger partial charge in [-0.1, -0.05) is 30.3 Å². The second-order valence-electron chi connectivity index (χ2n) is 4.21. The molecule has 0 spiro atoms. The number of hydrogen-bond acceptors (Lipinski definition) is 5. The quantitative estimate of drug-likeness (QED) is 0.782. The van der Waals surface area contributed by atoms with Gasteiger partial charge in [0.05, 0.1) is 26.0 Å². The molecular formula is C14H18N2O3. The smallest absolute Gasteiger partial charge is 0.209 e. The van der Waals surface area contributed by atoms with Crippen molar-refractivity contribution in [3.63, 3.8) is 0 Å². The molecule has 0 unspecified atom stereocenters. The number of hydrogen-bond donors (Lipinski definition) is 2. The van der Waals surface area contributed by atoms with E-state index < -0.39 is 0 Å². The number of rotatable bonds is 7. The molecule has 0 aliphatic carbocycles. The van der Waals surface area contributed by atoms with E-state index in [0.29, 0.717) is 25.5 Å². The molecule has 0 aliphatic rings. The van der Waals surface area contributed by atoms with Crippen molar-refractivity contribution in [1.82, 2.24) is 9.88 Å². The van der Waals surface area contributed by atoms with Crippen LogP contribution in [0.25, 0.3) is 11.3 Å². The number of oxazole rings is 1. The molecule has 0 amide bonds. The Labute approximate surface area is 112 Å². The summed E-state index contributed by atoms with van der Waals surface area (Å²) in [7, 11) is 0. The summed E-state index contributed by atoms with van der Waals surface area (Å²) in [6.45, 7) is 1.56. The highest BCUT2D eigenvalue weighted by atomic mass is 16.4. The highest BCUT2D eigenvalue weighted by molar-refractivity contribution is 5.55. The van der Waals surface area contributed by atoms with Crippen molar-refractivity contribution >= 4 is 0 Å². The van der Waals surface area contributed by atoms with Crippen LogP contribution in [0.15, 0.2) is 40.9 Å². The molecule has 5 heteroatoms. The van der Waals surface area contributed by atoms with Crippen LogP contribution in [0, 0.1) is 0 Å². The van der Waals surface area contributed by atoms with Gasteiger partial charge in [0.25, 0.3) is 0 Å². The topological polar surface area (TPSA) is 69.7 Å². The molecule has 0 saturated carbocycles. The average molecular weight is 262 g/mol. The van der Waals surface area contributed by atoms with E-state index in [1.165, 1.54) is 0 Å². The minimum Gasteiger partial charge on any atom is -0.439 e. The standard InChI is InChI=1S/C14H18N2O3/c17-8-6-16(7-9-18)11-14-15-10-13(19-14)12-4-2-1-3-5-12/h1-5,10,17-18H,6-9,11H2. The molecule has 1 heterocycles. The van der Waals surface area contributed by atoms with Crippen LogP contribution in [0.3, 0.4) is 0 Å². The van der Waals surface area contributed by atoms with Gasteiger partial charge in [-0.2, -0.15) is 0 Å². The van der Waals surface area contributed by atoms with Gasteiger partial charge in [0.2, 0.25) is 5.89 Å². The molecule has 1 aromatic heterocycles. The maximum atomic E-state index is 8.95. The predicted octanol–water partition coefficient (Wildman–Crippen LogP) is 1.13. The van der Waals surface area contributed by atoms with E-state index in [1.54, 1.807) is 6.20 Å². The molecule has 19 heavy (non-hydrogen) atoms. The van der Waals surface area contributed by atoms with Crippen molar-refractivity contribution in [2.24, 2.45) is 0 Å². The van der Waals surface area contributed by atoms with E-state index in [0.717, 1.165) is 11.3 Å². The summed E-state index contributed by atoms with van der Waals surface area (Å²) in [6, 6.07) is 9.76. The first kappa shape index (κ1) is 13.7. The molecule has 102 valence electrons. The average Bonchev–Trinajstić information content (AvgIpc) is 2.89. The molecule has 1 aromatic carbocycles. The third kappa shape index (κ3) is 3.89. The fraction of sp³-hybridized carbons (Fsp3) is 0.357. The summed E-state index contributed by atoms with van der Waals surface area (Å²) in [6.07, 6.45) is 1.70. The van der Waals surface area contributed by atoms with E-state index in [-0.39, 0.29) is 13.2 Å². The Kier molecular flexibility index (Phi) is 5.09. The van der Waals surface area contributed by atoms with Crippen LogP contribution in [-0.2, 0) is 6.54 Å². The summed E-state index contributed by atoms with van der Waals surface area (Å²) in [5.74, 6) is 1.31. The summed E-state index contributed by atoms with van der Waals surface area (Å²) in [5.41, 5.74) is 0.983. The van der Waals surface area contributed by atoms with Crippen LogP contribution >= 0.6 is 0 Å². The molecule has 5 nitrogen and oxygen atoms in total. The molecule has 0 bridgehead atoms. The third-order valence-corrected chi connectivity index (χ3v) is 2.80. The summed E-state index contributed by atoms with van der Waals surface area (Å²) in [4.78, 5) is 6.11. The molecule has 2 rings (SSSR count). The Morgan fingerprint density at radius 2 is 1.74 bits per heavy atom. The van der Waals surface area contributed by atoms with Gasteiger partial charge in [-0.3, -0.25) is 4.90 Å². The van der Waals surface area contributed by atoms with Crippen molar-refractivity contribution in [1.29, 1.82) is 0 Å². The van der Waals surface area contributed by atoms with Gasteiger partial charge in [0.15, 0.2) is 5.76 Å². The number of aromatic nitrogens is 1. The number of nitrogens with zero attached hydrogens (tertiary/aromatic N) is 2. The van der Waals surface area contributed by atoms with Crippen LogP contribution in [0.1, 0.15) is 5.89 Å². The normalized spacial score (nSPS) is 11.1. The van der Waals surface area contributed by atoms with Crippen molar-refractivity contribution in [2.45, 2.75) is 6.54 Å². The van der Waals surface area contributed by atoms with Gasteiger partial charge in [0, 0.05) is 18.7 Å². The van der Waals surface area contributed by atoms with Gasteiger partial charge in [-0.15, -0.1) is 0 Å². The molecule has 2 N–H and O–H groups in total. The fourth-order valence-electron chi connectivity index (χ4n) is 1.86. The van der Waals surface area contributed by atoms with Crippen molar-refractivity contribution in [3.8, 4) is 11.3 Å². The van der Waals surface area contributed by atoms with E-state index in [1.807, 2.05) is 35.2 Å². The van der Waals surface area contributed by atoms with Gasteiger partial charge >= 0.3 is 0 Å². The predicted molar refractivity (Wildman–Crippen MR) is 71.4 cm³/mol. The van der Waals surface area contributed by atoms with Crippen molar-refractivity contribution in [3.05, 3.63) is 42.4 Å². The van der Waals surface area contributed by atoms with Crippen LogP contribution in [0.5, 0.6) is 0 Å². The molecule has 0 saturated heterocycles. The SMILES string of the molecule is OCCN(CCO)Cc1ncc(-c2ccccc2)o1. The zero-order chi connectivity index (χ0) is 13.5. The van der Waals surface area contributed by atoms with Gasteiger partial charge in [-0.05, 0) is 0 Å². The van der Waals surface area contributed by atoms with Crippen LogP contribution in [-0.4, -0.2) is 46.4 Å². The van der Waals surface area contributed by atoms with E-state index >= 15 is 0 Å². The lowest BCUT2D eigenvalue weighted by Crippen LogP contribution is -2.29. The second kappa shape index (κ2) is 7.04. The molecular weight excluding hydrogens is 244 g/mol. The number of benzene rings is 1. The number of aliphatic hydroxyl groups excluding tert-OH is 2. The van der Waals surface area contributed by atoms with Crippen LogP contribution < -0.4 is 0 Å². The number of aliphatic hydroxyl groups is 2. The largest absolute Gasteiger partial charge is 0.439 e. The summed E-state index contributed by atoms with van der Waals surface area (Å²) < 4.78 is 5.68. The first-order chi connectivity index (χ1) is 9.33. The first-order valence-corrected chi connectivity index (χ1v) is 6.27. The molecule has 0 radical (unpaired) electrons. The maximum absolute atomic E-state index is 8.95. The van der Waals surface area contributed by atoms with Gasteiger partial charge in [-0.25, -0.2) is 4.98 Å². The Hall–Kier alpha value is -1.69. The highest BCUT2D eigenvalue weighted by Gasteiger charge is 2.10. The lowest BCUT2D eigenvalue weighted by atomic mass is 10.2. The van der Waals surface area contributed by atoms with Crippen LogP contribution in [0.2, 0.25) is 0 Å².